The van der Waals surface area contributed by atoms with Gasteiger partial charge in [0.1, 0.15) is 0 Å². The number of rotatable bonds is 5. The molecule has 9 heteroatoms. The minimum atomic E-state index is -3.43. The molecule has 1 aliphatic rings. The van der Waals surface area contributed by atoms with E-state index in [1.165, 1.54) is 4.31 Å². The normalized spacial score (nSPS) is 15.8. The van der Waals surface area contributed by atoms with E-state index in [9.17, 15) is 18.0 Å². The first-order valence-corrected chi connectivity index (χ1v) is 12.3. The minimum absolute atomic E-state index is 0.0215. The van der Waals surface area contributed by atoms with Crippen LogP contribution in [0.2, 0.25) is 0 Å². The van der Waals surface area contributed by atoms with Gasteiger partial charge in [-0.3, -0.25) is 13.9 Å². The van der Waals surface area contributed by atoms with Crippen LogP contribution < -0.4 is 11.0 Å². The van der Waals surface area contributed by atoms with Crippen LogP contribution in [0.15, 0.2) is 47.3 Å². The van der Waals surface area contributed by atoms with Crippen LogP contribution in [0, 0.1) is 12.8 Å². The van der Waals surface area contributed by atoms with Crippen molar-refractivity contribution >= 4 is 32.7 Å². The molecule has 8 nitrogen and oxygen atoms in total. The minimum Gasteiger partial charge on any atom is -0.326 e. The number of aryl methyl sites for hydroxylation is 3. The van der Waals surface area contributed by atoms with Crippen LogP contribution >= 0.6 is 0 Å². The summed E-state index contributed by atoms with van der Waals surface area (Å²) in [4.78, 5) is 24.9. The van der Waals surface area contributed by atoms with Crippen molar-refractivity contribution < 1.29 is 13.2 Å². The van der Waals surface area contributed by atoms with Crippen molar-refractivity contribution in [2.45, 2.75) is 25.5 Å². The van der Waals surface area contributed by atoms with Gasteiger partial charge in [0.25, 0.3) is 0 Å². The number of fused-ring (bicyclic) bond motifs is 1. The molecule has 32 heavy (non-hydrogen) atoms. The monoisotopic (exact) mass is 456 g/mol. The number of piperidine rings is 1. The Kier molecular flexibility index (Phi) is 5.96. The first-order valence-electron chi connectivity index (χ1n) is 10.7. The lowest BCUT2D eigenvalue weighted by molar-refractivity contribution is -0.120. The largest absolute Gasteiger partial charge is 0.328 e. The Bertz CT molecular complexity index is 1330. The third kappa shape index (κ3) is 4.22. The maximum Gasteiger partial charge on any atom is 0.328 e. The average molecular weight is 457 g/mol. The molecule has 2 aromatic carbocycles. The zero-order valence-electron chi connectivity index (χ0n) is 18.5. The molecule has 2 heterocycles. The summed E-state index contributed by atoms with van der Waals surface area (Å²) in [6.07, 6.45) is 0.954. The van der Waals surface area contributed by atoms with Crippen LogP contribution in [0.3, 0.4) is 0 Å². The number of amides is 1. The highest BCUT2D eigenvalue weighted by Gasteiger charge is 2.31. The second kappa shape index (κ2) is 8.55. The van der Waals surface area contributed by atoms with E-state index in [2.05, 4.69) is 5.32 Å². The van der Waals surface area contributed by atoms with Gasteiger partial charge in [-0.2, -0.15) is 0 Å². The third-order valence-corrected chi connectivity index (χ3v) is 8.18. The number of imidazole rings is 1. The summed E-state index contributed by atoms with van der Waals surface area (Å²) in [6, 6.07) is 12.9. The van der Waals surface area contributed by atoms with Crippen LogP contribution in [-0.4, -0.2) is 40.9 Å². The van der Waals surface area contributed by atoms with Crippen molar-refractivity contribution in [2.24, 2.45) is 20.0 Å². The maximum atomic E-state index is 12.9. The Hall–Kier alpha value is -2.91. The van der Waals surface area contributed by atoms with Gasteiger partial charge in [-0.05, 0) is 49.1 Å². The summed E-state index contributed by atoms with van der Waals surface area (Å²) in [5.41, 5.74) is 3.80. The van der Waals surface area contributed by atoms with Gasteiger partial charge in [-0.25, -0.2) is 17.5 Å². The average Bonchev–Trinajstić information content (AvgIpc) is 2.99. The number of benzene rings is 2. The molecule has 1 N–H and O–H groups in total. The molecule has 1 saturated heterocycles. The third-order valence-electron chi connectivity index (χ3n) is 6.36. The molecular weight excluding hydrogens is 428 g/mol. The Morgan fingerprint density at radius 2 is 1.69 bits per heavy atom. The maximum absolute atomic E-state index is 12.9. The Balaban J connectivity index is 1.39. The summed E-state index contributed by atoms with van der Waals surface area (Å²) < 4.78 is 30.3. The number of sulfonamides is 1. The van der Waals surface area contributed by atoms with E-state index < -0.39 is 10.0 Å². The second-order valence-corrected chi connectivity index (χ2v) is 10.4. The lowest BCUT2D eigenvalue weighted by Crippen LogP contribution is -2.41. The molecule has 0 unspecified atom stereocenters. The summed E-state index contributed by atoms with van der Waals surface area (Å²) in [6.45, 7) is 2.57. The van der Waals surface area contributed by atoms with Crippen molar-refractivity contribution in [2.75, 3.05) is 18.4 Å². The van der Waals surface area contributed by atoms with E-state index in [-0.39, 0.29) is 23.3 Å². The van der Waals surface area contributed by atoms with Crippen LogP contribution in [0.4, 0.5) is 5.69 Å². The lowest BCUT2D eigenvalue weighted by Gasteiger charge is -2.30. The van der Waals surface area contributed by atoms with Crippen molar-refractivity contribution in [3.63, 3.8) is 0 Å². The SMILES string of the molecule is Cc1ccccc1CS(=O)(=O)N1CCC(C(=O)Nc2ccc3c(c2)n(C)c(=O)n3C)CC1. The van der Waals surface area contributed by atoms with E-state index >= 15 is 0 Å². The van der Waals surface area contributed by atoms with Gasteiger partial charge in [0.2, 0.25) is 15.9 Å². The van der Waals surface area contributed by atoms with Crippen molar-refractivity contribution in [1.29, 1.82) is 0 Å². The number of hydrogen-bond donors (Lipinski definition) is 1. The van der Waals surface area contributed by atoms with E-state index in [4.69, 9.17) is 0 Å². The van der Waals surface area contributed by atoms with Gasteiger partial charge in [0, 0.05) is 38.8 Å². The van der Waals surface area contributed by atoms with Crippen molar-refractivity contribution in [1.82, 2.24) is 13.4 Å². The molecule has 4 rings (SSSR count). The number of nitrogens with one attached hydrogen (secondary N) is 1. The molecule has 1 aliphatic heterocycles. The van der Waals surface area contributed by atoms with Gasteiger partial charge >= 0.3 is 5.69 Å². The number of carbonyl (C=O) groups excluding carboxylic acids is 1. The molecule has 0 spiro atoms. The highest BCUT2D eigenvalue weighted by molar-refractivity contribution is 7.88. The smallest absolute Gasteiger partial charge is 0.326 e. The zero-order valence-corrected chi connectivity index (χ0v) is 19.4. The topological polar surface area (TPSA) is 93.4 Å². The highest BCUT2D eigenvalue weighted by atomic mass is 32.2. The van der Waals surface area contributed by atoms with Gasteiger partial charge < -0.3 is 5.32 Å². The lowest BCUT2D eigenvalue weighted by atomic mass is 9.97. The quantitative estimate of drug-likeness (QED) is 0.638. The molecule has 170 valence electrons. The molecule has 3 aromatic rings. The Labute approximate surface area is 187 Å². The van der Waals surface area contributed by atoms with Crippen LogP contribution in [0.25, 0.3) is 11.0 Å². The molecule has 1 amide bonds. The summed E-state index contributed by atoms with van der Waals surface area (Å²) >= 11 is 0. The Morgan fingerprint density at radius 3 is 2.38 bits per heavy atom. The molecule has 1 fully saturated rings. The molecule has 0 saturated carbocycles. The fraction of sp³-hybridized carbons (Fsp3) is 0.391. The number of aromatic nitrogens is 2. The standard InChI is InChI=1S/C23H28N4O4S/c1-16-6-4-5-7-18(16)15-32(30,31)27-12-10-17(11-13-27)22(28)24-19-8-9-20-21(14-19)26(3)23(29)25(20)2/h4-9,14,17H,10-13,15H2,1-3H3,(H,24,28). The van der Waals surface area contributed by atoms with Crippen LogP contribution in [0.5, 0.6) is 0 Å². The number of carbonyl (C=O) groups is 1. The van der Waals surface area contributed by atoms with Crippen LogP contribution in [0.1, 0.15) is 24.0 Å². The van der Waals surface area contributed by atoms with Gasteiger partial charge in [-0.1, -0.05) is 24.3 Å². The van der Waals surface area contributed by atoms with Crippen molar-refractivity contribution in [3.8, 4) is 0 Å². The highest BCUT2D eigenvalue weighted by Crippen LogP contribution is 2.25. The van der Waals surface area contributed by atoms with E-state index in [0.717, 1.165) is 22.2 Å². The van der Waals surface area contributed by atoms with E-state index in [0.29, 0.717) is 31.6 Å². The number of anilines is 1. The molecule has 0 bridgehead atoms. The predicted octanol–water partition coefficient (Wildman–Crippen LogP) is 2.37. The second-order valence-electron chi connectivity index (χ2n) is 8.45. The van der Waals surface area contributed by atoms with E-state index in [1.807, 2.05) is 37.3 Å². The van der Waals surface area contributed by atoms with Crippen molar-refractivity contribution in [3.05, 3.63) is 64.1 Å². The number of hydrogen-bond acceptors (Lipinski definition) is 4. The fourth-order valence-electron chi connectivity index (χ4n) is 4.28. The zero-order chi connectivity index (χ0) is 23.0. The summed E-state index contributed by atoms with van der Waals surface area (Å²) in [5, 5.41) is 2.93. The molecule has 0 atom stereocenters. The molecule has 0 radical (unpaired) electrons. The first kappa shape index (κ1) is 22.3. The first-order chi connectivity index (χ1) is 15.2. The summed E-state index contributed by atoms with van der Waals surface area (Å²) in [5.74, 6) is -0.400. The number of nitrogens with zero attached hydrogens (tertiary/aromatic N) is 3. The van der Waals surface area contributed by atoms with Gasteiger partial charge in [0.05, 0.1) is 16.8 Å². The Morgan fingerprint density at radius 1 is 1.03 bits per heavy atom. The molecule has 0 aliphatic carbocycles. The van der Waals surface area contributed by atoms with Gasteiger partial charge in [-0.15, -0.1) is 0 Å². The molecular formula is C23H28N4O4S. The molecule has 1 aromatic heterocycles. The summed E-state index contributed by atoms with van der Waals surface area (Å²) in [7, 11) is -0.0209. The van der Waals surface area contributed by atoms with Crippen LogP contribution in [-0.2, 0) is 34.7 Å². The van der Waals surface area contributed by atoms with Gasteiger partial charge in [0.15, 0.2) is 0 Å². The fourth-order valence-corrected chi connectivity index (χ4v) is 5.95. The predicted molar refractivity (Wildman–Crippen MR) is 125 cm³/mol. The van der Waals surface area contributed by atoms with E-state index in [1.54, 1.807) is 35.4 Å².